The molecule has 1 aliphatic carbocycles. The number of hydrogen-bond donors (Lipinski definition) is 0. The summed E-state index contributed by atoms with van der Waals surface area (Å²) < 4.78 is 11.0. The molecule has 0 N–H and O–H groups in total. The van der Waals surface area contributed by atoms with Crippen LogP contribution in [0.5, 0.6) is 11.5 Å². The van der Waals surface area contributed by atoms with E-state index in [-0.39, 0.29) is 0 Å². The van der Waals surface area contributed by atoms with E-state index in [4.69, 9.17) is 14.5 Å². The van der Waals surface area contributed by atoms with Gasteiger partial charge in [-0.3, -0.25) is 0 Å². The summed E-state index contributed by atoms with van der Waals surface area (Å²) in [6.07, 6.45) is 7.82. The van der Waals surface area contributed by atoms with Crippen LogP contribution in [-0.2, 0) is 0 Å². The Morgan fingerprint density at radius 3 is 2.30 bits per heavy atom. The van der Waals surface area contributed by atoms with E-state index in [0.717, 1.165) is 16.7 Å². The van der Waals surface area contributed by atoms with Gasteiger partial charge in [0.2, 0.25) is 0 Å². The Kier molecular flexibility index (Phi) is 5.10. The molecule has 1 aromatic heterocycles. The van der Waals surface area contributed by atoms with Crippen LogP contribution in [0.25, 0.3) is 10.9 Å². The van der Waals surface area contributed by atoms with Gasteiger partial charge in [0.05, 0.1) is 19.7 Å². The van der Waals surface area contributed by atoms with Gasteiger partial charge in [-0.05, 0) is 31.0 Å². The number of aromatic nitrogens is 2. The molecule has 0 bridgehead atoms. The van der Waals surface area contributed by atoms with Gasteiger partial charge in [0.1, 0.15) is 12.1 Å². The smallest absolute Gasteiger partial charge is 0.162 e. The van der Waals surface area contributed by atoms with Gasteiger partial charge in [0.25, 0.3) is 0 Å². The molecule has 5 nitrogen and oxygen atoms in total. The van der Waals surface area contributed by atoms with Crippen molar-refractivity contribution in [1.29, 1.82) is 0 Å². The topological polar surface area (TPSA) is 47.5 Å². The number of fused-ring (bicyclic) bond motifs is 1. The minimum Gasteiger partial charge on any atom is -0.493 e. The first kappa shape index (κ1) is 17.6. The lowest BCUT2D eigenvalue weighted by molar-refractivity contribution is 0.355. The lowest BCUT2D eigenvalue weighted by Gasteiger charge is -2.36. The molecular weight excluding hydrogens is 338 g/mol. The fourth-order valence-corrected chi connectivity index (χ4v) is 4.00. The molecule has 27 heavy (non-hydrogen) atoms. The lowest BCUT2D eigenvalue weighted by atomic mass is 9.93. The Bertz CT molecular complexity index is 908. The maximum absolute atomic E-state index is 5.53. The van der Waals surface area contributed by atoms with Crippen molar-refractivity contribution in [2.75, 3.05) is 19.1 Å². The summed E-state index contributed by atoms with van der Waals surface area (Å²) in [7, 11) is 3.30. The maximum atomic E-state index is 5.53. The summed E-state index contributed by atoms with van der Waals surface area (Å²) >= 11 is 0. The van der Waals surface area contributed by atoms with Crippen LogP contribution in [0.3, 0.4) is 0 Å². The highest BCUT2D eigenvalue weighted by molar-refractivity contribution is 5.94. The van der Waals surface area contributed by atoms with Crippen LogP contribution in [0, 0.1) is 0 Å². The normalized spacial score (nSPS) is 14.9. The molecule has 1 aliphatic rings. The van der Waals surface area contributed by atoms with Crippen molar-refractivity contribution in [2.24, 2.45) is 0 Å². The molecule has 1 saturated carbocycles. The molecule has 5 heteroatoms. The van der Waals surface area contributed by atoms with Crippen molar-refractivity contribution in [3.05, 3.63) is 48.8 Å². The number of ether oxygens (including phenoxy) is 2. The van der Waals surface area contributed by atoms with Gasteiger partial charge >= 0.3 is 0 Å². The fraction of sp³-hybridized carbons (Fsp3) is 0.364. The van der Waals surface area contributed by atoms with E-state index < -0.39 is 0 Å². The van der Waals surface area contributed by atoms with Crippen molar-refractivity contribution < 1.29 is 9.47 Å². The Labute approximate surface area is 160 Å². The number of hydrogen-bond acceptors (Lipinski definition) is 5. The molecule has 140 valence electrons. The van der Waals surface area contributed by atoms with Crippen LogP contribution in [-0.4, -0.2) is 30.2 Å². The second-order valence-electron chi connectivity index (χ2n) is 6.92. The molecule has 2 aromatic carbocycles. The zero-order chi connectivity index (χ0) is 18.6. The van der Waals surface area contributed by atoms with E-state index in [1.807, 2.05) is 12.1 Å². The first-order valence-corrected chi connectivity index (χ1v) is 9.53. The summed E-state index contributed by atoms with van der Waals surface area (Å²) in [6.45, 7) is 0. The Hall–Kier alpha value is -2.82. The highest BCUT2D eigenvalue weighted by Crippen LogP contribution is 2.39. The van der Waals surface area contributed by atoms with Crippen molar-refractivity contribution in [2.45, 2.75) is 38.1 Å². The van der Waals surface area contributed by atoms with E-state index in [1.54, 1.807) is 20.5 Å². The minimum atomic E-state index is 0.437. The first-order chi connectivity index (χ1) is 13.3. The monoisotopic (exact) mass is 363 g/mol. The number of benzene rings is 2. The third-order valence-electron chi connectivity index (χ3n) is 5.32. The second-order valence-corrected chi connectivity index (χ2v) is 6.92. The average Bonchev–Trinajstić information content (AvgIpc) is 2.74. The molecule has 0 unspecified atom stereocenters. The van der Waals surface area contributed by atoms with E-state index in [2.05, 4.69) is 40.2 Å². The molecule has 0 atom stereocenters. The van der Waals surface area contributed by atoms with Crippen LogP contribution >= 0.6 is 0 Å². The van der Waals surface area contributed by atoms with Gasteiger partial charge < -0.3 is 14.4 Å². The van der Waals surface area contributed by atoms with Crippen molar-refractivity contribution >= 4 is 22.4 Å². The van der Waals surface area contributed by atoms with Crippen molar-refractivity contribution in [3.8, 4) is 11.5 Å². The maximum Gasteiger partial charge on any atom is 0.162 e. The van der Waals surface area contributed by atoms with Gasteiger partial charge in [-0.25, -0.2) is 9.97 Å². The number of nitrogens with zero attached hydrogens (tertiary/aromatic N) is 3. The zero-order valence-corrected chi connectivity index (χ0v) is 15.9. The first-order valence-electron chi connectivity index (χ1n) is 9.53. The number of para-hydroxylation sites is 1. The molecule has 0 aliphatic heterocycles. The molecule has 3 aromatic rings. The summed E-state index contributed by atoms with van der Waals surface area (Å²) in [5.74, 6) is 2.30. The van der Waals surface area contributed by atoms with E-state index in [1.165, 1.54) is 37.8 Å². The Morgan fingerprint density at radius 1 is 0.889 bits per heavy atom. The van der Waals surface area contributed by atoms with Crippen LogP contribution in [0.2, 0.25) is 0 Å². The molecule has 0 spiro atoms. The molecule has 1 heterocycles. The predicted molar refractivity (Wildman–Crippen MR) is 108 cm³/mol. The summed E-state index contributed by atoms with van der Waals surface area (Å²) in [5.41, 5.74) is 2.02. The standard InChI is InChI=1S/C22H25N3O2/c1-26-20-13-18-19(14-21(20)27-2)23-15-24-22(18)25(16-9-5-3-6-10-16)17-11-7-4-8-12-17/h3,5-6,9-10,13-15,17H,4,7-8,11-12H2,1-2H3. The van der Waals surface area contributed by atoms with Gasteiger partial charge in [0, 0.05) is 23.2 Å². The summed E-state index contributed by atoms with van der Waals surface area (Å²) in [5, 5.41) is 0.976. The molecular formula is C22H25N3O2. The largest absolute Gasteiger partial charge is 0.493 e. The third-order valence-corrected chi connectivity index (χ3v) is 5.32. The Morgan fingerprint density at radius 2 is 1.59 bits per heavy atom. The molecule has 0 amide bonds. The molecule has 4 rings (SSSR count). The summed E-state index contributed by atoms with van der Waals surface area (Å²) in [4.78, 5) is 11.6. The molecule has 0 radical (unpaired) electrons. The minimum absolute atomic E-state index is 0.437. The fourth-order valence-electron chi connectivity index (χ4n) is 4.00. The Balaban J connectivity index is 1.90. The van der Waals surface area contributed by atoms with Gasteiger partial charge in [0.15, 0.2) is 11.5 Å². The van der Waals surface area contributed by atoms with Crippen LogP contribution in [0.15, 0.2) is 48.8 Å². The highest BCUT2D eigenvalue weighted by Gasteiger charge is 2.26. The van der Waals surface area contributed by atoms with Crippen LogP contribution in [0.1, 0.15) is 32.1 Å². The predicted octanol–water partition coefficient (Wildman–Crippen LogP) is 5.12. The molecule has 0 saturated heterocycles. The number of anilines is 2. The SMILES string of the molecule is COc1cc2ncnc(N(c3ccccc3)C3CCCCC3)c2cc1OC. The number of rotatable bonds is 5. The highest BCUT2D eigenvalue weighted by atomic mass is 16.5. The van der Waals surface area contributed by atoms with Gasteiger partial charge in [-0.2, -0.15) is 0 Å². The van der Waals surface area contributed by atoms with E-state index in [9.17, 15) is 0 Å². The van der Waals surface area contributed by atoms with Crippen LogP contribution < -0.4 is 14.4 Å². The number of methoxy groups -OCH3 is 2. The quantitative estimate of drug-likeness (QED) is 0.630. The van der Waals surface area contributed by atoms with Crippen molar-refractivity contribution in [3.63, 3.8) is 0 Å². The van der Waals surface area contributed by atoms with Gasteiger partial charge in [-0.15, -0.1) is 0 Å². The third kappa shape index (κ3) is 3.42. The average molecular weight is 363 g/mol. The van der Waals surface area contributed by atoms with Gasteiger partial charge in [-0.1, -0.05) is 37.5 Å². The molecule has 1 fully saturated rings. The zero-order valence-electron chi connectivity index (χ0n) is 15.9. The van der Waals surface area contributed by atoms with Crippen LogP contribution in [0.4, 0.5) is 11.5 Å². The van der Waals surface area contributed by atoms with E-state index >= 15 is 0 Å². The lowest BCUT2D eigenvalue weighted by Crippen LogP contribution is -2.33. The van der Waals surface area contributed by atoms with E-state index in [0.29, 0.717) is 17.5 Å². The second kappa shape index (κ2) is 7.82. The summed E-state index contributed by atoms with van der Waals surface area (Å²) in [6, 6.07) is 14.9. The van der Waals surface area contributed by atoms with Crippen molar-refractivity contribution in [1.82, 2.24) is 9.97 Å².